The molecule has 0 aromatic heterocycles. The average Bonchev–Trinajstić information content (AvgIpc) is 3.31. The lowest BCUT2D eigenvalue weighted by atomic mass is 10.1. The fourth-order valence-electron chi connectivity index (χ4n) is 3.59. The number of ether oxygens (including phenoxy) is 2. The van der Waals surface area contributed by atoms with Crippen molar-refractivity contribution in [1.29, 1.82) is 0 Å². The lowest BCUT2D eigenvalue weighted by Gasteiger charge is -2.18. The number of esters is 2. The van der Waals surface area contributed by atoms with E-state index in [0.29, 0.717) is 44.4 Å². The van der Waals surface area contributed by atoms with Crippen LogP contribution in [0.3, 0.4) is 0 Å². The van der Waals surface area contributed by atoms with Gasteiger partial charge in [-0.2, -0.15) is 0 Å². The van der Waals surface area contributed by atoms with Gasteiger partial charge < -0.3 is 9.47 Å². The quantitative estimate of drug-likeness (QED) is 0.0949. The van der Waals surface area contributed by atoms with Crippen LogP contribution in [0.2, 0.25) is 0 Å². The molecule has 0 saturated heterocycles. The molecule has 0 aliphatic heterocycles. The van der Waals surface area contributed by atoms with E-state index in [1.165, 1.54) is 0 Å². The molecular weight excluding hydrogens is 428 g/mol. The van der Waals surface area contributed by atoms with Gasteiger partial charge in [0.2, 0.25) is 6.29 Å². The third-order valence-corrected chi connectivity index (χ3v) is 5.66. The van der Waals surface area contributed by atoms with E-state index in [1.54, 1.807) is 0 Å². The largest absolute Gasteiger partial charge is 0.425 e. The molecule has 0 amide bonds. The lowest BCUT2D eigenvalue weighted by molar-refractivity contribution is -0.262. The van der Waals surface area contributed by atoms with Gasteiger partial charge in [-0.15, -0.1) is 0 Å². The van der Waals surface area contributed by atoms with Crippen molar-refractivity contribution < 1.29 is 38.4 Å². The maximum Gasteiger partial charge on any atom is 0.358 e. The lowest BCUT2D eigenvalue weighted by Crippen LogP contribution is -2.25. The summed E-state index contributed by atoms with van der Waals surface area (Å²) in [5.41, 5.74) is 0. The van der Waals surface area contributed by atoms with Crippen molar-refractivity contribution in [2.75, 3.05) is 0 Å². The van der Waals surface area contributed by atoms with Crippen LogP contribution in [0.25, 0.3) is 0 Å². The molecule has 8 heteroatoms. The summed E-state index contributed by atoms with van der Waals surface area (Å²) in [6.07, 6.45) is 8.92. The van der Waals surface area contributed by atoms with Crippen molar-refractivity contribution >= 4 is 23.9 Å². The number of rotatable bonds is 16. The Morgan fingerprint density at radius 1 is 0.727 bits per heavy atom. The zero-order valence-electron chi connectivity index (χ0n) is 20.6. The molecule has 0 aromatic rings. The molecule has 1 atom stereocenters. The van der Waals surface area contributed by atoms with E-state index in [9.17, 15) is 19.2 Å². The molecule has 0 N–H and O–H groups in total. The summed E-state index contributed by atoms with van der Waals surface area (Å²) in [5, 5.41) is 0. The average molecular weight is 471 g/mol. The van der Waals surface area contributed by atoms with E-state index in [1.807, 2.05) is 13.8 Å². The Kier molecular flexibility index (Phi) is 15.2. The van der Waals surface area contributed by atoms with Crippen molar-refractivity contribution in [2.24, 2.45) is 11.8 Å². The number of hydrogen-bond acceptors (Lipinski definition) is 8. The second kappa shape index (κ2) is 17.4. The summed E-state index contributed by atoms with van der Waals surface area (Å²) in [4.78, 5) is 56.9. The van der Waals surface area contributed by atoms with E-state index >= 15 is 0 Å². The number of unbranched alkanes of at least 4 members (excludes halogenated alkanes) is 4. The molecule has 1 fully saturated rings. The number of hydrogen-bond donors (Lipinski definition) is 0. The van der Waals surface area contributed by atoms with E-state index in [0.717, 1.165) is 44.9 Å². The molecule has 0 aromatic carbocycles. The molecule has 1 aliphatic rings. The molecule has 1 unspecified atom stereocenters. The molecule has 0 radical (unpaired) electrons. The van der Waals surface area contributed by atoms with Gasteiger partial charge in [-0.05, 0) is 44.4 Å². The minimum absolute atomic E-state index is 0.119. The van der Waals surface area contributed by atoms with Crippen LogP contribution in [0.4, 0.5) is 0 Å². The maximum atomic E-state index is 12.1. The van der Waals surface area contributed by atoms with E-state index in [2.05, 4.69) is 16.7 Å². The van der Waals surface area contributed by atoms with Gasteiger partial charge in [-0.3, -0.25) is 9.59 Å². The van der Waals surface area contributed by atoms with Crippen LogP contribution in [-0.4, -0.2) is 30.2 Å². The first kappa shape index (κ1) is 28.9. The van der Waals surface area contributed by atoms with E-state index in [-0.39, 0.29) is 30.7 Å². The topological polar surface area (TPSA) is 105 Å². The van der Waals surface area contributed by atoms with Crippen molar-refractivity contribution in [3.8, 4) is 0 Å². The summed E-state index contributed by atoms with van der Waals surface area (Å²) in [5.74, 6) is -1.57. The highest BCUT2D eigenvalue weighted by Gasteiger charge is 2.26. The fraction of sp³-hybridized carbons (Fsp3) is 0.840. The zero-order valence-corrected chi connectivity index (χ0v) is 20.6. The Hall–Kier alpha value is -2.12. The maximum absolute atomic E-state index is 12.1. The Morgan fingerprint density at radius 3 is 1.97 bits per heavy atom. The van der Waals surface area contributed by atoms with Crippen LogP contribution in [-0.2, 0) is 38.4 Å². The standard InChI is InChI=1S/C25H42O8/c1-4-5-7-14-21(26)30-24(31-22(27)18-17-19(2)3)16-9-6-8-15-23(28)32-33-25(29)20-12-10-11-13-20/h19-20,24H,4-18H2,1-3H3. The van der Waals surface area contributed by atoms with Crippen molar-refractivity contribution in [2.45, 2.75) is 123 Å². The molecule has 33 heavy (non-hydrogen) atoms. The molecule has 1 rings (SSSR count). The predicted molar refractivity (Wildman–Crippen MR) is 121 cm³/mol. The summed E-state index contributed by atoms with van der Waals surface area (Å²) >= 11 is 0. The highest BCUT2D eigenvalue weighted by atomic mass is 17.2. The van der Waals surface area contributed by atoms with Gasteiger partial charge in [0, 0.05) is 19.3 Å². The molecule has 1 aliphatic carbocycles. The molecule has 0 bridgehead atoms. The van der Waals surface area contributed by atoms with E-state index in [4.69, 9.17) is 9.47 Å². The first-order valence-corrected chi connectivity index (χ1v) is 12.6. The highest BCUT2D eigenvalue weighted by molar-refractivity contribution is 5.74. The summed E-state index contributed by atoms with van der Waals surface area (Å²) in [6.45, 7) is 6.11. The van der Waals surface area contributed by atoms with Crippen LogP contribution in [0, 0.1) is 11.8 Å². The van der Waals surface area contributed by atoms with E-state index < -0.39 is 18.2 Å². The van der Waals surface area contributed by atoms with Crippen molar-refractivity contribution in [1.82, 2.24) is 0 Å². The van der Waals surface area contributed by atoms with Gasteiger partial charge in [-0.25, -0.2) is 19.4 Å². The highest BCUT2D eigenvalue weighted by Crippen LogP contribution is 2.25. The first-order valence-electron chi connectivity index (χ1n) is 12.6. The van der Waals surface area contributed by atoms with Crippen molar-refractivity contribution in [3.05, 3.63) is 0 Å². The molecule has 190 valence electrons. The van der Waals surface area contributed by atoms with Crippen molar-refractivity contribution in [3.63, 3.8) is 0 Å². The molecule has 1 saturated carbocycles. The molecular formula is C25H42O8. The van der Waals surface area contributed by atoms with Gasteiger partial charge >= 0.3 is 23.9 Å². The minimum Gasteiger partial charge on any atom is -0.425 e. The first-order chi connectivity index (χ1) is 15.8. The summed E-state index contributed by atoms with van der Waals surface area (Å²) in [7, 11) is 0. The zero-order chi connectivity index (χ0) is 24.5. The van der Waals surface area contributed by atoms with Gasteiger partial charge in [0.15, 0.2) is 0 Å². The number of carbonyl (C=O) groups is 4. The summed E-state index contributed by atoms with van der Waals surface area (Å²) in [6, 6.07) is 0. The second-order valence-electron chi connectivity index (χ2n) is 9.24. The second-order valence-corrected chi connectivity index (χ2v) is 9.24. The van der Waals surface area contributed by atoms with Gasteiger partial charge in [0.25, 0.3) is 0 Å². The van der Waals surface area contributed by atoms with Crippen LogP contribution >= 0.6 is 0 Å². The Balaban J connectivity index is 2.29. The molecule has 0 spiro atoms. The smallest absolute Gasteiger partial charge is 0.358 e. The number of carbonyl (C=O) groups excluding carboxylic acids is 4. The normalized spacial score (nSPS) is 14.7. The van der Waals surface area contributed by atoms with Crippen LogP contribution in [0.5, 0.6) is 0 Å². The molecule has 0 heterocycles. The van der Waals surface area contributed by atoms with Gasteiger partial charge in [-0.1, -0.05) is 52.9 Å². The third-order valence-electron chi connectivity index (χ3n) is 5.66. The van der Waals surface area contributed by atoms with Gasteiger partial charge in [0.1, 0.15) is 0 Å². The predicted octanol–water partition coefficient (Wildman–Crippen LogP) is 5.56. The summed E-state index contributed by atoms with van der Waals surface area (Å²) < 4.78 is 10.8. The minimum atomic E-state index is -0.905. The van der Waals surface area contributed by atoms with Crippen LogP contribution < -0.4 is 0 Å². The van der Waals surface area contributed by atoms with Gasteiger partial charge in [0.05, 0.1) is 12.3 Å². The molecule has 8 nitrogen and oxygen atoms in total. The third kappa shape index (κ3) is 14.6. The van der Waals surface area contributed by atoms with Crippen LogP contribution in [0.15, 0.2) is 0 Å². The fourth-order valence-corrected chi connectivity index (χ4v) is 3.59. The Bertz CT molecular complexity index is 595. The Labute approximate surface area is 198 Å². The van der Waals surface area contributed by atoms with Crippen LogP contribution in [0.1, 0.15) is 117 Å². The Morgan fingerprint density at radius 2 is 1.33 bits per heavy atom. The SMILES string of the molecule is CCCCCC(=O)OC(CCCCCC(=O)OOC(=O)C1CCCC1)OC(=O)CCC(C)C. The monoisotopic (exact) mass is 470 g/mol.